The maximum atomic E-state index is 13.7. The van der Waals surface area contributed by atoms with Crippen LogP contribution in [0, 0.1) is 6.92 Å². The van der Waals surface area contributed by atoms with Crippen LogP contribution in [-0.2, 0) is 6.54 Å². The van der Waals surface area contributed by atoms with Gasteiger partial charge in [-0.05, 0) is 74.4 Å². The molecule has 5 nitrogen and oxygen atoms in total. The van der Waals surface area contributed by atoms with E-state index in [1.807, 2.05) is 59.5 Å². The maximum Gasteiger partial charge on any atom is 0.259 e. The van der Waals surface area contributed by atoms with Gasteiger partial charge >= 0.3 is 0 Å². The Balaban J connectivity index is 1.61. The van der Waals surface area contributed by atoms with E-state index >= 15 is 0 Å². The van der Waals surface area contributed by atoms with E-state index in [9.17, 15) is 9.59 Å². The zero-order valence-electron chi connectivity index (χ0n) is 20.7. The summed E-state index contributed by atoms with van der Waals surface area (Å²) in [6, 6.07) is 21.5. The van der Waals surface area contributed by atoms with Crippen LogP contribution in [0.25, 0.3) is 0 Å². The smallest absolute Gasteiger partial charge is 0.259 e. The molecule has 0 aliphatic carbocycles. The van der Waals surface area contributed by atoms with Crippen LogP contribution < -0.4 is 10.2 Å². The third kappa shape index (κ3) is 5.77. The van der Waals surface area contributed by atoms with Crippen LogP contribution in [0.1, 0.15) is 52.1 Å². The lowest BCUT2D eigenvalue weighted by molar-refractivity contribution is 0.0948. The molecule has 1 aliphatic heterocycles. The summed E-state index contributed by atoms with van der Waals surface area (Å²) >= 11 is 1.58. The van der Waals surface area contributed by atoms with E-state index in [4.69, 9.17) is 0 Å². The molecule has 0 aromatic heterocycles. The Bertz CT molecular complexity index is 1210. The van der Waals surface area contributed by atoms with Crippen LogP contribution in [0.4, 0.5) is 5.69 Å². The standard InChI is InChI=1S/C29H33N3O2S/c1-4-31(5-2)18-10-17-30-28(33)22-15-16-27-25(19-22)32(20-23-12-7-6-11-21(23)3)29(34)24-13-8-9-14-26(24)35-27/h6-9,11-16,19H,4-5,10,17-18,20H2,1-3H3,(H,30,33). The molecule has 0 saturated carbocycles. The first-order valence-corrected chi connectivity index (χ1v) is 13.1. The van der Waals surface area contributed by atoms with Crippen molar-refractivity contribution >= 4 is 29.3 Å². The lowest BCUT2D eigenvalue weighted by atomic mass is 10.1. The number of anilines is 1. The number of fused-ring (bicyclic) bond motifs is 2. The number of nitrogens with zero attached hydrogens (tertiary/aromatic N) is 2. The van der Waals surface area contributed by atoms with Gasteiger partial charge in [0, 0.05) is 21.9 Å². The van der Waals surface area contributed by atoms with Crippen molar-refractivity contribution in [3.63, 3.8) is 0 Å². The Morgan fingerprint density at radius 1 is 0.971 bits per heavy atom. The van der Waals surface area contributed by atoms with Crippen molar-refractivity contribution < 1.29 is 9.59 Å². The highest BCUT2D eigenvalue weighted by Crippen LogP contribution is 2.42. The molecule has 0 unspecified atom stereocenters. The van der Waals surface area contributed by atoms with Gasteiger partial charge in [0.15, 0.2) is 0 Å². The normalized spacial score (nSPS) is 12.8. The van der Waals surface area contributed by atoms with Crippen molar-refractivity contribution in [3.05, 3.63) is 89.0 Å². The second-order valence-corrected chi connectivity index (χ2v) is 9.82. The first-order valence-electron chi connectivity index (χ1n) is 12.3. The third-order valence-corrected chi connectivity index (χ3v) is 7.66. The summed E-state index contributed by atoms with van der Waals surface area (Å²) in [5.74, 6) is -0.158. The molecular formula is C29H33N3O2S. The second kappa shape index (κ2) is 11.6. The lowest BCUT2D eigenvalue weighted by Crippen LogP contribution is -2.32. The molecule has 0 radical (unpaired) electrons. The van der Waals surface area contributed by atoms with Crippen LogP contribution in [0.15, 0.2) is 76.5 Å². The summed E-state index contributed by atoms with van der Waals surface area (Å²) in [7, 11) is 0. The second-order valence-electron chi connectivity index (χ2n) is 8.73. The highest BCUT2D eigenvalue weighted by atomic mass is 32.2. The van der Waals surface area contributed by atoms with Gasteiger partial charge in [0.2, 0.25) is 0 Å². The quantitative estimate of drug-likeness (QED) is 0.390. The minimum Gasteiger partial charge on any atom is -0.352 e. The molecule has 35 heavy (non-hydrogen) atoms. The molecule has 4 rings (SSSR count). The number of hydrogen-bond acceptors (Lipinski definition) is 4. The molecule has 1 aliphatic rings. The Hall–Kier alpha value is -3.09. The van der Waals surface area contributed by atoms with Gasteiger partial charge in [0.1, 0.15) is 0 Å². The summed E-state index contributed by atoms with van der Waals surface area (Å²) < 4.78 is 0. The molecule has 6 heteroatoms. The molecule has 1 heterocycles. The molecule has 0 atom stereocenters. The SMILES string of the molecule is CCN(CC)CCCNC(=O)c1ccc2c(c1)N(Cc1ccccc1C)C(=O)c1ccccc1S2. The number of benzene rings is 3. The van der Waals surface area contributed by atoms with Crippen molar-refractivity contribution in [3.8, 4) is 0 Å². The summed E-state index contributed by atoms with van der Waals surface area (Å²) in [6.45, 7) is 10.4. The zero-order valence-corrected chi connectivity index (χ0v) is 21.5. The molecule has 2 amide bonds. The highest BCUT2D eigenvalue weighted by Gasteiger charge is 2.28. The molecule has 0 saturated heterocycles. The molecule has 3 aromatic carbocycles. The molecule has 1 N–H and O–H groups in total. The average molecular weight is 488 g/mol. The van der Waals surface area contributed by atoms with Crippen molar-refractivity contribution in [1.29, 1.82) is 0 Å². The van der Waals surface area contributed by atoms with Crippen LogP contribution in [0.3, 0.4) is 0 Å². The molecular weight excluding hydrogens is 454 g/mol. The third-order valence-electron chi connectivity index (χ3n) is 6.52. The fraction of sp³-hybridized carbons (Fsp3) is 0.310. The Morgan fingerprint density at radius 2 is 1.71 bits per heavy atom. The first kappa shape index (κ1) is 25.0. The molecule has 182 valence electrons. The van der Waals surface area contributed by atoms with E-state index in [0.717, 1.165) is 52.7 Å². The van der Waals surface area contributed by atoms with Gasteiger partial charge < -0.3 is 15.1 Å². The minimum absolute atomic E-state index is 0.0492. The number of aryl methyl sites for hydroxylation is 1. The van der Waals surface area contributed by atoms with E-state index in [2.05, 4.69) is 43.1 Å². The van der Waals surface area contributed by atoms with E-state index in [0.29, 0.717) is 24.2 Å². The monoisotopic (exact) mass is 487 g/mol. The number of hydrogen-bond donors (Lipinski definition) is 1. The van der Waals surface area contributed by atoms with Crippen LogP contribution in [0.2, 0.25) is 0 Å². The van der Waals surface area contributed by atoms with Gasteiger partial charge in [0.05, 0.1) is 17.8 Å². The van der Waals surface area contributed by atoms with Crippen molar-refractivity contribution in [2.45, 2.75) is 43.5 Å². The van der Waals surface area contributed by atoms with Gasteiger partial charge in [-0.2, -0.15) is 0 Å². The van der Waals surface area contributed by atoms with Crippen LogP contribution in [0.5, 0.6) is 0 Å². The topological polar surface area (TPSA) is 52.7 Å². The maximum absolute atomic E-state index is 13.7. The van der Waals surface area contributed by atoms with Crippen molar-refractivity contribution in [2.75, 3.05) is 31.1 Å². The first-order chi connectivity index (χ1) is 17.0. The summed E-state index contributed by atoms with van der Waals surface area (Å²) in [4.78, 5) is 32.8. The Labute approximate surface area is 212 Å². The molecule has 3 aromatic rings. The van der Waals surface area contributed by atoms with E-state index in [1.54, 1.807) is 11.8 Å². The lowest BCUT2D eigenvalue weighted by Gasteiger charge is -2.24. The van der Waals surface area contributed by atoms with Crippen molar-refractivity contribution in [2.24, 2.45) is 0 Å². The molecule has 0 fully saturated rings. The van der Waals surface area contributed by atoms with Gasteiger partial charge in [0.25, 0.3) is 11.8 Å². The average Bonchev–Trinajstić information content (AvgIpc) is 2.99. The van der Waals surface area contributed by atoms with E-state index < -0.39 is 0 Å². The summed E-state index contributed by atoms with van der Waals surface area (Å²) in [5.41, 5.74) is 4.25. The largest absolute Gasteiger partial charge is 0.352 e. The van der Waals surface area contributed by atoms with Crippen molar-refractivity contribution in [1.82, 2.24) is 10.2 Å². The fourth-order valence-electron chi connectivity index (χ4n) is 4.32. The number of nitrogens with one attached hydrogen (secondary N) is 1. The van der Waals surface area contributed by atoms with Gasteiger partial charge in [-0.3, -0.25) is 9.59 Å². The number of amides is 2. The summed E-state index contributed by atoms with van der Waals surface area (Å²) in [5, 5.41) is 3.05. The van der Waals surface area contributed by atoms with Gasteiger partial charge in [-0.25, -0.2) is 0 Å². The van der Waals surface area contributed by atoms with E-state index in [1.165, 1.54) is 0 Å². The number of carbonyl (C=O) groups excluding carboxylic acids is 2. The van der Waals surface area contributed by atoms with Crippen LogP contribution in [-0.4, -0.2) is 42.9 Å². The van der Waals surface area contributed by atoms with Crippen LogP contribution >= 0.6 is 11.8 Å². The van der Waals surface area contributed by atoms with Gasteiger partial charge in [-0.15, -0.1) is 0 Å². The Morgan fingerprint density at radius 3 is 2.49 bits per heavy atom. The Kier molecular flexibility index (Phi) is 8.26. The van der Waals surface area contributed by atoms with Gasteiger partial charge in [-0.1, -0.05) is 62.0 Å². The van der Waals surface area contributed by atoms with E-state index in [-0.39, 0.29) is 11.8 Å². The zero-order chi connectivity index (χ0) is 24.8. The highest BCUT2D eigenvalue weighted by molar-refractivity contribution is 7.99. The predicted molar refractivity (Wildman–Crippen MR) is 143 cm³/mol. The fourth-order valence-corrected chi connectivity index (χ4v) is 5.38. The molecule has 0 bridgehead atoms. The predicted octanol–water partition coefficient (Wildman–Crippen LogP) is 5.77. The number of rotatable bonds is 9. The minimum atomic E-state index is -0.109. The molecule has 0 spiro atoms. The number of carbonyl (C=O) groups is 2. The summed E-state index contributed by atoms with van der Waals surface area (Å²) in [6.07, 6.45) is 0.904.